The normalized spacial score (nSPS) is 10.4. The second kappa shape index (κ2) is 5.74. The molecule has 6 heteroatoms. The Kier molecular flexibility index (Phi) is 4.24. The molecule has 0 atom stereocenters. The zero-order valence-electron chi connectivity index (χ0n) is 9.69. The molecule has 3 nitrogen and oxygen atoms in total. The lowest BCUT2D eigenvalue weighted by atomic mass is 10.2. The minimum Gasteiger partial charge on any atom is -0.398 e. The largest absolute Gasteiger partial charge is 0.398 e. The Hall–Kier alpha value is -1.36. The minimum atomic E-state index is -0.519. The standard InChI is InChI=1S/C13H10Cl2N2OS/c14-9-5-4-7(6-10(9)15)19-12-8(13(17)18)2-1-3-11(12)16/h1-6H,16H2,(H2,17,18). The van der Waals surface area contributed by atoms with E-state index in [0.29, 0.717) is 26.2 Å². The molecule has 0 aliphatic rings. The van der Waals surface area contributed by atoms with Crippen LogP contribution in [-0.2, 0) is 0 Å². The van der Waals surface area contributed by atoms with Crippen LogP contribution in [0.2, 0.25) is 10.0 Å². The number of benzene rings is 2. The van der Waals surface area contributed by atoms with Crippen LogP contribution in [0, 0.1) is 0 Å². The summed E-state index contributed by atoms with van der Waals surface area (Å²) in [5.74, 6) is -0.519. The Labute approximate surface area is 124 Å². The Morgan fingerprint density at radius 2 is 1.84 bits per heavy atom. The van der Waals surface area contributed by atoms with Gasteiger partial charge in [-0.05, 0) is 30.3 Å². The first-order valence-electron chi connectivity index (χ1n) is 5.30. The van der Waals surface area contributed by atoms with E-state index in [4.69, 9.17) is 34.7 Å². The van der Waals surface area contributed by atoms with Crippen molar-refractivity contribution in [2.45, 2.75) is 9.79 Å². The van der Waals surface area contributed by atoms with Crippen molar-refractivity contribution in [3.05, 3.63) is 52.0 Å². The number of carbonyl (C=O) groups is 1. The lowest BCUT2D eigenvalue weighted by molar-refractivity contribution is 0.0997. The van der Waals surface area contributed by atoms with Gasteiger partial charge in [-0.15, -0.1) is 0 Å². The summed E-state index contributed by atoms with van der Waals surface area (Å²) >= 11 is 13.1. The van der Waals surface area contributed by atoms with Gasteiger partial charge in [0.2, 0.25) is 5.91 Å². The second-order valence-corrected chi connectivity index (χ2v) is 5.66. The molecule has 0 saturated heterocycles. The number of hydrogen-bond donors (Lipinski definition) is 2. The Morgan fingerprint density at radius 1 is 1.11 bits per heavy atom. The van der Waals surface area contributed by atoms with Gasteiger partial charge in [-0.3, -0.25) is 4.79 Å². The van der Waals surface area contributed by atoms with E-state index in [1.807, 2.05) is 0 Å². The molecule has 0 aromatic heterocycles. The number of nitrogens with two attached hydrogens (primary N) is 2. The zero-order valence-corrected chi connectivity index (χ0v) is 12.0. The SMILES string of the molecule is NC(=O)c1cccc(N)c1Sc1ccc(Cl)c(Cl)c1. The van der Waals surface area contributed by atoms with E-state index in [1.165, 1.54) is 11.8 Å². The van der Waals surface area contributed by atoms with Gasteiger partial charge in [-0.2, -0.15) is 0 Å². The summed E-state index contributed by atoms with van der Waals surface area (Å²) in [5, 5.41) is 0.920. The van der Waals surface area contributed by atoms with Crippen LogP contribution in [0.15, 0.2) is 46.2 Å². The number of amides is 1. The fourth-order valence-corrected chi connectivity index (χ4v) is 2.90. The molecule has 2 aromatic rings. The summed E-state index contributed by atoms with van der Waals surface area (Å²) in [6, 6.07) is 10.2. The summed E-state index contributed by atoms with van der Waals surface area (Å²) < 4.78 is 0. The lowest BCUT2D eigenvalue weighted by Crippen LogP contribution is -2.13. The smallest absolute Gasteiger partial charge is 0.249 e. The van der Waals surface area contributed by atoms with E-state index in [9.17, 15) is 4.79 Å². The molecule has 2 aromatic carbocycles. The molecule has 0 spiro atoms. The van der Waals surface area contributed by atoms with E-state index in [-0.39, 0.29) is 0 Å². The molecule has 0 aliphatic heterocycles. The monoisotopic (exact) mass is 312 g/mol. The van der Waals surface area contributed by atoms with E-state index >= 15 is 0 Å². The van der Waals surface area contributed by atoms with Crippen molar-refractivity contribution < 1.29 is 4.79 Å². The van der Waals surface area contributed by atoms with E-state index < -0.39 is 5.91 Å². The third kappa shape index (κ3) is 3.15. The molecule has 0 saturated carbocycles. The van der Waals surface area contributed by atoms with Crippen LogP contribution < -0.4 is 11.5 Å². The number of nitrogen functional groups attached to an aromatic ring is 1. The Balaban J connectivity index is 2.42. The molecule has 0 fully saturated rings. The summed E-state index contributed by atoms with van der Waals surface area (Å²) in [5.41, 5.74) is 12.1. The van der Waals surface area contributed by atoms with Crippen LogP contribution >= 0.6 is 35.0 Å². The van der Waals surface area contributed by atoms with Crippen LogP contribution in [0.3, 0.4) is 0 Å². The average molecular weight is 313 g/mol. The van der Waals surface area contributed by atoms with Crippen molar-refractivity contribution in [3.8, 4) is 0 Å². The van der Waals surface area contributed by atoms with Gasteiger partial charge in [0, 0.05) is 15.5 Å². The second-order valence-electron chi connectivity index (χ2n) is 3.77. The molecule has 2 rings (SSSR count). The Bertz CT molecular complexity index is 647. The maximum absolute atomic E-state index is 11.4. The van der Waals surface area contributed by atoms with Gasteiger partial charge in [-0.1, -0.05) is 41.0 Å². The van der Waals surface area contributed by atoms with E-state index in [1.54, 1.807) is 36.4 Å². The van der Waals surface area contributed by atoms with Gasteiger partial charge >= 0.3 is 0 Å². The molecule has 0 radical (unpaired) electrons. The highest BCUT2D eigenvalue weighted by Gasteiger charge is 2.13. The Morgan fingerprint density at radius 3 is 2.47 bits per heavy atom. The van der Waals surface area contributed by atoms with Crippen molar-refractivity contribution in [1.82, 2.24) is 0 Å². The fourth-order valence-electron chi connectivity index (χ4n) is 1.52. The van der Waals surface area contributed by atoms with Gasteiger partial charge in [0.1, 0.15) is 0 Å². The summed E-state index contributed by atoms with van der Waals surface area (Å²) in [4.78, 5) is 12.8. The van der Waals surface area contributed by atoms with Crippen molar-refractivity contribution >= 4 is 46.6 Å². The summed E-state index contributed by atoms with van der Waals surface area (Å²) in [6.07, 6.45) is 0. The number of hydrogen-bond acceptors (Lipinski definition) is 3. The van der Waals surface area contributed by atoms with Crippen LogP contribution in [0.25, 0.3) is 0 Å². The van der Waals surface area contributed by atoms with Crippen molar-refractivity contribution in [2.24, 2.45) is 5.73 Å². The average Bonchev–Trinajstić information content (AvgIpc) is 2.36. The highest BCUT2D eigenvalue weighted by atomic mass is 35.5. The number of halogens is 2. The lowest BCUT2D eigenvalue weighted by Gasteiger charge is -2.10. The predicted octanol–water partition coefficient (Wildman–Crippen LogP) is 3.83. The maximum Gasteiger partial charge on any atom is 0.249 e. The van der Waals surface area contributed by atoms with Crippen molar-refractivity contribution in [2.75, 3.05) is 5.73 Å². The van der Waals surface area contributed by atoms with E-state index in [2.05, 4.69) is 0 Å². The van der Waals surface area contributed by atoms with Gasteiger partial charge < -0.3 is 11.5 Å². The molecule has 4 N–H and O–H groups in total. The van der Waals surface area contributed by atoms with E-state index in [0.717, 1.165) is 4.90 Å². The molecule has 0 bridgehead atoms. The van der Waals surface area contributed by atoms with Crippen molar-refractivity contribution in [1.29, 1.82) is 0 Å². The summed E-state index contributed by atoms with van der Waals surface area (Å²) in [6.45, 7) is 0. The van der Waals surface area contributed by atoms with Gasteiger partial charge in [0.25, 0.3) is 0 Å². The van der Waals surface area contributed by atoms with Crippen molar-refractivity contribution in [3.63, 3.8) is 0 Å². The first kappa shape index (κ1) is 14.1. The van der Waals surface area contributed by atoms with Gasteiger partial charge in [0.15, 0.2) is 0 Å². The predicted molar refractivity (Wildman–Crippen MR) is 80.0 cm³/mol. The number of carbonyl (C=O) groups excluding carboxylic acids is 1. The van der Waals surface area contributed by atoms with Crippen LogP contribution in [0.4, 0.5) is 5.69 Å². The zero-order chi connectivity index (χ0) is 14.0. The molecular formula is C13H10Cl2N2OS. The molecule has 0 aliphatic carbocycles. The first-order chi connectivity index (χ1) is 8.99. The number of primary amides is 1. The molecule has 98 valence electrons. The maximum atomic E-state index is 11.4. The number of rotatable bonds is 3. The number of anilines is 1. The van der Waals surface area contributed by atoms with Crippen LogP contribution in [0.5, 0.6) is 0 Å². The third-order valence-corrected chi connectivity index (χ3v) is 4.31. The van der Waals surface area contributed by atoms with Crippen LogP contribution in [-0.4, -0.2) is 5.91 Å². The molecule has 0 unspecified atom stereocenters. The highest BCUT2D eigenvalue weighted by molar-refractivity contribution is 7.99. The van der Waals surface area contributed by atoms with Crippen LogP contribution in [0.1, 0.15) is 10.4 Å². The molecule has 19 heavy (non-hydrogen) atoms. The van der Waals surface area contributed by atoms with Gasteiger partial charge in [-0.25, -0.2) is 0 Å². The third-order valence-electron chi connectivity index (χ3n) is 2.42. The fraction of sp³-hybridized carbons (Fsp3) is 0. The highest BCUT2D eigenvalue weighted by Crippen LogP contribution is 2.37. The van der Waals surface area contributed by atoms with Gasteiger partial charge in [0.05, 0.1) is 15.6 Å². The quantitative estimate of drug-likeness (QED) is 0.846. The minimum absolute atomic E-state index is 0.385. The topological polar surface area (TPSA) is 69.1 Å². The molecular weight excluding hydrogens is 303 g/mol. The summed E-state index contributed by atoms with van der Waals surface area (Å²) in [7, 11) is 0. The first-order valence-corrected chi connectivity index (χ1v) is 6.87. The molecule has 0 heterocycles. The molecule has 1 amide bonds.